The second-order valence-electron chi connectivity index (χ2n) is 3.64. The van der Waals surface area contributed by atoms with Gasteiger partial charge in [-0.1, -0.05) is 12.1 Å². The number of anilines is 1. The Labute approximate surface area is 98.1 Å². The Kier molecular flexibility index (Phi) is 2.72. The van der Waals surface area contributed by atoms with Crippen LogP contribution in [0.4, 0.5) is 5.69 Å². The Bertz CT molecular complexity index is 578. The minimum absolute atomic E-state index is 0.0301. The number of carbonyl (C=O) groups excluding carboxylic acids is 2. The largest absolute Gasteiger partial charge is 0.274 e. The highest BCUT2D eigenvalue weighted by atomic mass is 32.2. The summed E-state index contributed by atoms with van der Waals surface area (Å²) in [6.07, 6.45) is 0.190. The van der Waals surface area contributed by atoms with Crippen molar-refractivity contribution in [3.8, 4) is 0 Å². The molecule has 0 bridgehead atoms. The normalized spacial score (nSPS) is 16.6. The van der Waals surface area contributed by atoms with Gasteiger partial charge < -0.3 is 0 Å². The fourth-order valence-electron chi connectivity index (χ4n) is 1.73. The van der Waals surface area contributed by atoms with Gasteiger partial charge in [-0.25, -0.2) is 18.5 Å². The Morgan fingerprint density at radius 2 is 1.59 bits per heavy atom. The molecule has 6 nitrogen and oxygen atoms in total. The van der Waals surface area contributed by atoms with Crippen LogP contribution in [0.5, 0.6) is 0 Å². The highest BCUT2D eigenvalue weighted by molar-refractivity contribution is 7.89. The van der Waals surface area contributed by atoms with Crippen molar-refractivity contribution in [2.45, 2.75) is 17.7 Å². The van der Waals surface area contributed by atoms with Crippen LogP contribution in [0.1, 0.15) is 12.8 Å². The van der Waals surface area contributed by atoms with Crippen molar-refractivity contribution in [1.82, 2.24) is 0 Å². The zero-order valence-electron chi connectivity index (χ0n) is 8.79. The molecule has 2 rings (SSSR count). The molecule has 7 heteroatoms. The quantitative estimate of drug-likeness (QED) is 0.750. The predicted molar refractivity (Wildman–Crippen MR) is 59.5 cm³/mol. The number of sulfonamides is 1. The van der Waals surface area contributed by atoms with Crippen LogP contribution in [-0.4, -0.2) is 20.2 Å². The smallest absolute Gasteiger partial charge is 0.240 e. The Morgan fingerprint density at radius 1 is 1.06 bits per heavy atom. The minimum Gasteiger partial charge on any atom is -0.274 e. The third-order valence-corrected chi connectivity index (χ3v) is 3.42. The molecule has 1 saturated heterocycles. The van der Waals surface area contributed by atoms with E-state index in [1.165, 1.54) is 18.2 Å². The highest BCUT2D eigenvalue weighted by Gasteiger charge is 2.33. The van der Waals surface area contributed by atoms with E-state index in [9.17, 15) is 18.0 Å². The number of hydrogen-bond acceptors (Lipinski definition) is 4. The molecule has 1 aromatic carbocycles. The molecule has 1 aliphatic heterocycles. The van der Waals surface area contributed by atoms with Crippen molar-refractivity contribution < 1.29 is 18.0 Å². The predicted octanol–water partition coefficient (Wildman–Crippen LogP) is -0.0126. The topological polar surface area (TPSA) is 97.5 Å². The summed E-state index contributed by atoms with van der Waals surface area (Å²) >= 11 is 0. The molecule has 17 heavy (non-hydrogen) atoms. The molecule has 1 fully saturated rings. The maximum atomic E-state index is 11.5. The molecule has 0 atom stereocenters. The van der Waals surface area contributed by atoms with Gasteiger partial charge in [-0.05, 0) is 12.1 Å². The summed E-state index contributed by atoms with van der Waals surface area (Å²) in [6, 6.07) is 5.68. The summed E-state index contributed by atoms with van der Waals surface area (Å²) in [5.74, 6) is -0.822. The number of amides is 2. The van der Waals surface area contributed by atoms with Gasteiger partial charge in [0.2, 0.25) is 21.8 Å². The number of nitrogens with two attached hydrogens (primary N) is 1. The molecule has 0 spiro atoms. The summed E-state index contributed by atoms with van der Waals surface area (Å²) < 4.78 is 22.7. The maximum absolute atomic E-state index is 11.5. The molecule has 1 aromatic rings. The molecule has 90 valence electrons. The van der Waals surface area contributed by atoms with Gasteiger partial charge in [0.1, 0.15) is 4.90 Å². The second kappa shape index (κ2) is 3.94. The van der Waals surface area contributed by atoms with Gasteiger partial charge >= 0.3 is 0 Å². The van der Waals surface area contributed by atoms with Gasteiger partial charge in [0.05, 0.1) is 5.69 Å². The van der Waals surface area contributed by atoms with Gasteiger partial charge in [0.25, 0.3) is 0 Å². The van der Waals surface area contributed by atoms with Crippen molar-refractivity contribution in [3.63, 3.8) is 0 Å². The SMILES string of the molecule is NS(=O)(=O)c1ccccc1N1C(=O)CCC1=O. The number of primary sulfonamides is 1. The molecule has 0 aromatic heterocycles. The molecule has 2 amide bonds. The maximum Gasteiger partial charge on any atom is 0.240 e. The van der Waals surface area contributed by atoms with E-state index in [0.29, 0.717) is 0 Å². The first-order valence-corrected chi connectivity index (χ1v) is 6.43. The van der Waals surface area contributed by atoms with Crippen molar-refractivity contribution in [2.24, 2.45) is 5.14 Å². The van der Waals surface area contributed by atoms with Crippen LogP contribution in [0.3, 0.4) is 0 Å². The molecule has 0 radical (unpaired) electrons. The monoisotopic (exact) mass is 254 g/mol. The van der Waals surface area contributed by atoms with E-state index in [0.717, 1.165) is 4.90 Å². The lowest BCUT2D eigenvalue weighted by Gasteiger charge is -2.16. The first kappa shape index (κ1) is 11.7. The minimum atomic E-state index is -3.96. The van der Waals surface area contributed by atoms with E-state index in [2.05, 4.69) is 0 Å². The zero-order valence-corrected chi connectivity index (χ0v) is 9.61. The van der Waals surface area contributed by atoms with Crippen molar-refractivity contribution in [1.29, 1.82) is 0 Å². The first-order valence-electron chi connectivity index (χ1n) is 4.89. The average molecular weight is 254 g/mol. The standard InChI is InChI=1S/C10H10N2O4S/c11-17(15,16)8-4-2-1-3-7(8)12-9(13)5-6-10(12)14/h1-4H,5-6H2,(H2,11,15,16). The summed E-state index contributed by atoms with van der Waals surface area (Å²) in [6.45, 7) is 0. The summed E-state index contributed by atoms with van der Waals surface area (Å²) in [7, 11) is -3.96. The van der Waals surface area contributed by atoms with Crippen LogP contribution in [0.2, 0.25) is 0 Å². The fraction of sp³-hybridized carbons (Fsp3) is 0.200. The van der Waals surface area contributed by atoms with Crippen LogP contribution < -0.4 is 10.0 Å². The summed E-state index contributed by atoms with van der Waals surface area (Å²) in [5.41, 5.74) is 0.0301. The van der Waals surface area contributed by atoms with E-state index >= 15 is 0 Å². The molecule has 0 unspecified atom stereocenters. The lowest BCUT2D eigenvalue weighted by Crippen LogP contribution is -2.30. The third-order valence-electron chi connectivity index (χ3n) is 2.46. The molecule has 2 N–H and O–H groups in total. The highest BCUT2D eigenvalue weighted by Crippen LogP contribution is 2.28. The van der Waals surface area contributed by atoms with E-state index in [-0.39, 0.29) is 23.4 Å². The number of carbonyl (C=O) groups is 2. The summed E-state index contributed by atoms with van der Waals surface area (Å²) in [4.78, 5) is 23.7. The number of hydrogen-bond donors (Lipinski definition) is 1. The third kappa shape index (κ3) is 2.06. The number of nitrogens with zero attached hydrogens (tertiary/aromatic N) is 1. The van der Waals surface area contributed by atoms with Crippen molar-refractivity contribution >= 4 is 27.5 Å². The molecule has 1 heterocycles. The molecule has 1 aliphatic rings. The van der Waals surface area contributed by atoms with Crippen LogP contribution in [0.15, 0.2) is 29.2 Å². The number of rotatable bonds is 2. The fourth-order valence-corrected chi connectivity index (χ4v) is 2.45. The first-order chi connectivity index (χ1) is 7.91. The van der Waals surface area contributed by atoms with Gasteiger partial charge in [-0.15, -0.1) is 0 Å². The van der Waals surface area contributed by atoms with Gasteiger partial charge in [-0.2, -0.15) is 0 Å². The van der Waals surface area contributed by atoms with E-state index < -0.39 is 21.8 Å². The van der Waals surface area contributed by atoms with E-state index in [1.807, 2.05) is 0 Å². The Morgan fingerprint density at radius 3 is 2.12 bits per heavy atom. The van der Waals surface area contributed by atoms with Gasteiger partial charge in [-0.3, -0.25) is 9.59 Å². The van der Waals surface area contributed by atoms with Crippen LogP contribution in [0.25, 0.3) is 0 Å². The number of para-hydroxylation sites is 1. The van der Waals surface area contributed by atoms with Crippen LogP contribution in [0, 0.1) is 0 Å². The van der Waals surface area contributed by atoms with Gasteiger partial charge in [0, 0.05) is 12.8 Å². The summed E-state index contributed by atoms with van der Waals surface area (Å²) in [5, 5.41) is 5.04. The second-order valence-corrected chi connectivity index (χ2v) is 5.17. The lowest BCUT2D eigenvalue weighted by molar-refractivity contribution is -0.121. The number of imide groups is 1. The van der Waals surface area contributed by atoms with E-state index in [1.54, 1.807) is 6.07 Å². The zero-order chi connectivity index (χ0) is 12.6. The number of benzene rings is 1. The molecule has 0 saturated carbocycles. The molecule has 0 aliphatic carbocycles. The molecular formula is C10H10N2O4S. The molecular weight excluding hydrogens is 244 g/mol. The van der Waals surface area contributed by atoms with Gasteiger partial charge in [0.15, 0.2) is 0 Å². The van der Waals surface area contributed by atoms with E-state index in [4.69, 9.17) is 5.14 Å². The Hall–Kier alpha value is -1.73. The van der Waals surface area contributed by atoms with Crippen LogP contribution in [-0.2, 0) is 19.6 Å². The van der Waals surface area contributed by atoms with Crippen LogP contribution >= 0.6 is 0 Å². The lowest BCUT2D eigenvalue weighted by atomic mass is 10.3. The Balaban J connectivity index is 2.60. The van der Waals surface area contributed by atoms with Crippen molar-refractivity contribution in [2.75, 3.05) is 4.90 Å². The average Bonchev–Trinajstić information content (AvgIpc) is 2.57. The van der Waals surface area contributed by atoms with Crippen molar-refractivity contribution in [3.05, 3.63) is 24.3 Å².